The minimum absolute atomic E-state index is 0.755. The van der Waals surface area contributed by atoms with E-state index in [9.17, 15) is 0 Å². The molecule has 0 spiro atoms. The average molecular weight is 243 g/mol. The first-order valence-corrected chi connectivity index (χ1v) is 5.75. The van der Waals surface area contributed by atoms with Gasteiger partial charge in [0.05, 0.1) is 0 Å². The van der Waals surface area contributed by atoms with Crippen LogP contribution in [0.4, 0.5) is 0 Å². The first-order valence-electron chi connectivity index (χ1n) is 4.45. The monoisotopic (exact) mass is 243 g/mol. The van der Waals surface area contributed by atoms with Crippen LogP contribution in [-0.4, -0.2) is 11.5 Å². The summed E-state index contributed by atoms with van der Waals surface area (Å²) in [6, 6.07) is 5.75. The molecule has 76 valence electrons. The Morgan fingerprint density at radius 1 is 1.43 bits per heavy atom. The molecule has 0 unspecified atom stereocenters. The van der Waals surface area contributed by atoms with Crippen LogP contribution in [0.15, 0.2) is 28.0 Å². The standard InChI is InChI=1S/C10H13NS3/c1-2-5-11-10(14)8-4-3-7(12)6-9(8)13/h3-4,6,12-13H,2,5H2,1H3,(H,11,14). The number of thiol groups is 2. The summed E-state index contributed by atoms with van der Waals surface area (Å²) in [4.78, 5) is 2.52. The summed E-state index contributed by atoms with van der Waals surface area (Å²) in [5, 5.41) is 3.17. The third kappa shape index (κ3) is 3.19. The third-order valence-corrected chi connectivity index (χ3v) is 2.77. The van der Waals surface area contributed by atoms with Crippen LogP contribution in [0, 0.1) is 0 Å². The Morgan fingerprint density at radius 3 is 2.71 bits per heavy atom. The molecule has 0 radical (unpaired) electrons. The first-order chi connectivity index (χ1) is 6.65. The van der Waals surface area contributed by atoms with Crippen LogP contribution in [0.1, 0.15) is 18.9 Å². The summed E-state index contributed by atoms with van der Waals surface area (Å²) < 4.78 is 0. The highest BCUT2D eigenvalue weighted by molar-refractivity contribution is 7.82. The normalized spacial score (nSPS) is 9.93. The molecule has 1 aromatic rings. The van der Waals surface area contributed by atoms with Crippen molar-refractivity contribution in [3.8, 4) is 0 Å². The molecule has 0 aliphatic carbocycles. The Hall–Kier alpha value is -0.190. The van der Waals surface area contributed by atoms with Crippen molar-refractivity contribution in [1.29, 1.82) is 0 Å². The lowest BCUT2D eigenvalue weighted by atomic mass is 10.2. The van der Waals surface area contributed by atoms with Crippen LogP contribution >= 0.6 is 37.5 Å². The van der Waals surface area contributed by atoms with Gasteiger partial charge in [0.15, 0.2) is 0 Å². The van der Waals surface area contributed by atoms with Crippen molar-refractivity contribution in [3.05, 3.63) is 23.8 Å². The van der Waals surface area contributed by atoms with E-state index >= 15 is 0 Å². The van der Waals surface area contributed by atoms with E-state index in [2.05, 4.69) is 37.5 Å². The summed E-state index contributed by atoms with van der Waals surface area (Å²) >= 11 is 13.8. The number of hydrogen-bond donors (Lipinski definition) is 3. The number of hydrogen-bond acceptors (Lipinski definition) is 3. The lowest BCUT2D eigenvalue weighted by Crippen LogP contribution is -2.23. The largest absolute Gasteiger partial charge is 0.376 e. The van der Waals surface area contributed by atoms with E-state index in [0.29, 0.717) is 0 Å². The van der Waals surface area contributed by atoms with Crippen molar-refractivity contribution in [2.24, 2.45) is 0 Å². The molecular weight excluding hydrogens is 230 g/mol. The van der Waals surface area contributed by atoms with E-state index in [0.717, 1.165) is 33.3 Å². The first kappa shape index (κ1) is 11.9. The highest BCUT2D eigenvalue weighted by Gasteiger charge is 2.04. The zero-order valence-electron chi connectivity index (χ0n) is 7.95. The number of thiocarbonyl (C=S) groups is 1. The van der Waals surface area contributed by atoms with Gasteiger partial charge in [-0.2, -0.15) is 0 Å². The Labute approximate surface area is 101 Å². The van der Waals surface area contributed by atoms with E-state index in [1.165, 1.54) is 0 Å². The molecule has 0 heterocycles. The van der Waals surface area contributed by atoms with Crippen LogP contribution in [-0.2, 0) is 0 Å². The summed E-state index contributed by atoms with van der Waals surface area (Å²) in [6.45, 7) is 3.00. The fourth-order valence-corrected chi connectivity index (χ4v) is 2.03. The third-order valence-electron chi connectivity index (χ3n) is 1.76. The van der Waals surface area contributed by atoms with E-state index in [-0.39, 0.29) is 0 Å². The molecule has 0 bridgehead atoms. The van der Waals surface area contributed by atoms with Gasteiger partial charge in [0.1, 0.15) is 4.99 Å². The molecule has 0 aromatic heterocycles. The SMILES string of the molecule is CCCNC(=S)c1ccc(S)cc1S. The van der Waals surface area contributed by atoms with Crippen LogP contribution in [0.3, 0.4) is 0 Å². The lowest BCUT2D eigenvalue weighted by molar-refractivity contribution is 0.847. The van der Waals surface area contributed by atoms with E-state index in [4.69, 9.17) is 12.2 Å². The molecule has 0 saturated carbocycles. The maximum absolute atomic E-state index is 5.23. The fraction of sp³-hybridized carbons (Fsp3) is 0.300. The predicted octanol–water partition coefficient (Wildman–Crippen LogP) is 2.94. The Bertz CT molecular complexity index is 336. The molecule has 0 atom stereocenters. The van der Waals surface area contributed by atoms with Crippen molar-refractivity contribution in [3.63, 3.8) is 0 Å². The molecule has 0 aliphatic rings. The number of benzene rings is 1. The fourth-order valence-electron chi connectivity index (χ4n) is 1.05. The van der Waals surface area contributed by atoms with Gasteiger partial charge in [0, 0.05) is 21.9 Å². The minimum atomic E-state index is 0.755. The molecule has 0 amide bonds. The zero-order valence-corrected chi connectivity index (χ0v) is 10.6. The number of rotatable bonds is 3. The molecule has 0 aliphatic heterocycles. The molecule has 1 rings (SSSR count). The maximum Gasteiger partial charge on any atom is 0.107 e. The van der Waals surface area contributed by atoms with Crippen molar-refractivity contribution in [2.75, 3.05) is 6.54 Å². The van der Waals surface area contributed by atoms with Crippen molar-refractivity contribution in [2.45, 2.75) is 23.1 Å². The predicted molar refractivity (Wildman–Crippen MR) is 70.9 cm³/mol. The van der Waals surface area contributed by atoms with Crippen LogP contribution in [0.5, 0.6) is 0 Å². The van der Waals surface area contributed by atoms with Crippen molar-refractivity contribution in [1.82, 2.24) is 5.32 Å². The van der Waals surface area contributed by atoms with Gasteiger partial charge < -0.3 is 5.32 Å². The average Bonchev–Trinajstić information content (AvgIpc) is 2.14. The molecule has 1 nitrogen and oxygen atoms in total. The molecule has 1 N–H and O–H groups in total. The maximum atomic E-state index is 5.23. The van der Waals surface area contributed by atoms with Gasteiger partial charge in [-0.05, 0) is 24.6 Å². The minimum Gasteiger partial charge on any atom is -0.376 e. The highest BCUT2D eigenvalue weighted by Crippen LogP contribution is 2.18. The summed E-state index contributed by atoms with van der Waals surface area (Å²) in [6.07, 6.45) is 1.06. The molecule has 1 aromatic carbocycles. The Balaban J connectivity index is 2.80. The molecule has 14 heavy (non-hydrogen) atoms. The van der Waals surface area contributed by atoms with Crippen LogP contribution in [0.2, 0.25) is 0 Å². The highest BCUT2D eigenvalue weighted by atomic mass is 32.1. The molecule has 0 saturated heterocycles. The van der Waals surface area contributed by atoms with Gasteiger partial charge in [-0.25, -0.2) is 0 Å². The molecule has 4 heteroatoms. The van der Waals surface area contributed by atoms with E-state index < -0.39 is 0 Å². The van der Waals surface area contributed by atoms with Gasteiger partial charge in [-0.3, -0.25) is 0 Å². The summed E-state index contributed by atoms with van der Waals surface area (Å²) in [7, 11) is 0. The Morgan fingerprint density at radius 2 is 2.14 bits per heavy atom. The van der Waals surface area contributed by atoms with Gasteiger partial charge in [-0.1, -0.05) is 19.1 Å². The van der Waals surface area contributed by atoms with Gasteiger partial charge >= 0.3 is 0 Å². The van der Waals surface area contributed by atoms with E-state index in [1.807, 2.05) is 18.2 Å². The van der Waals surface area contributed by atoms with E-state index in [1.54, 1.807) is 0 Å². The molecular formula is C10H13NS3. The summed E-state index contributed by atoms with van der Waals surface area (Å²) in [5.74, 6) is 0. The lowest BCUT2D eigenvalue weighted by Gasteiger charge is -2.09. The smallest absolute Gasteiger partial charge is 0.107 e. The van der Waals surface area contributed by atoms with Crippen molar-refractivity contribution < 1.29 is 0 Å². The number of nitrogens with one attached hydrogen (secondary N) is 1. The second-order valence-electron chi connectivity index (χ2n) is 2.96. The van der Waals surface area contributed by atoms with Crippen LogP contribution in [0.25, 0.3) is 0 Å². The van der Waals surface area contributed by atoms with Crippen molar-refractivity contribution >= 4 is 42.5 Å². The summed E-state index contributed by atoms with van der Waals surface area (Å²) in [5.41, 5.74) is 0.967. The molecule has 0 fully saturated rings. The topological polar surface area (TPSA) is 12.0 Å². The van der Waals surface area contributed by atoms with Crippen LogP contribution < -0.4 is 5.32 Å². The van der Waals surface area contributed by atoms with Gasteiger partial charge in [0.25, 0.3) is 0 Å². The van der Waals surface area contributed by atoms with Gasteiger partial charge in [0.2, 0.25) is 0 Å². The Kier molecular flexibility index (Phi) is 4.78. The second kappa shape index (κ2) is 5.63. The second-order valence-corrected chi connectivity index (χ2v) is 4.36. The zero-order chi connectivity index (χ0) is 10.6. The van der Waals surface area contributed by atoms with Gasteiger partial charge in [-0.15, -0.1) is 25.3 Å². The quantitative estimate of drug-likeness (QED) is 0.557.